The minimum Gasteiger partial charge on any atom is -0.340 e. The van der Waals surface area contributed by atoms with Crippen LogP contribution in [-0.4, -0.2) is 35.7 Å². The summed E-state index contributed by atoms with van der Waals surface area (Å²) in [6.45, 7) is 4.86. The Labute approximate surface area is 157 Å². The maximum atomic E-state index is 9.56. The van der Waals surface area contributed by atoms with Gasteiger partial charge in [-0.25, -0.2) is 4.98 Å². The molecule has 0 saturated carbocycles. The van der Waals surface area contributed by atoms with Crippen molar-refractivity contribution < 1.29 is 0 Å². The Hall–Kier alpha value is -0.810. The van der Waals surface area contributed by atoms with Gasteiger partial charge in [-0.2, -0.15) is 5.26 Å². The van der Waals surface area contributed by atoms with Crippen molar-refractivity contribution in [3.05, 3.63) is 20.1 Å². The highest BCUT2D eigenvalue weighted by Crippen LogP contribution is 2.41. The summed E-state index contributed by atoms with van der Waals surface area (Å²) in [5.74, 6) is 1.01. The summed E-state index contributed by atoms with van der Waals surface area (Å²) in [5, 5.41) is 12.9. The molecule has 0 aliphatic carbocycles. The van der Waals surface area contributed by atoms with Gasteiger partial charge in [0.05, 0.1) is 15.6 Å². The van der Waals surface area contributed by atoms with Crippen molar-refractivity contribution in [2.45, 2.75) is 19.4 Å². The van der Waals surface area contributed by atoms with Gasteiger partial charge < -0.3 is 14.8 Å². The van der Waals surface area contributed by atoms with Crippen LogP contribution < -0.4 is 10.2 Å². The highest BCUT2D eigenvalue weighted by Gasteiger charge is 2.28. The number of imidazole rings is 1. The highest BCUT2D eigenvalue weighted by molar-refractivity contribution is 9.13. The third-order valence-corrected chi connectivity index (χ3v) is 6.67. The zero-order chi connectivity index (χ0) is 15.3. The molecule has 0 bridgehead atoms. The van der Waals surface area contributed by atoms with Crippen LogP contribution in [-0.2, 0) is 13.0 Å². The molecule has 2 aliphatic rings. The molecule has 1 N–H and O–H groups in total. The van der Waals surface area contributed by atoms with E-state index in [1.54, 1.807) is 0 Å². The number of nitriles is 1. The van der Waals surface area contributed by atoms with Crippen LogP contribution in [0.4, 0.5) is 5.95 Å². The molecular weight excluding hydrogens is 445 g/mol. The molecule has 0 spiro atoms. The van der Waals surface area contributed by atoms with Crippen molar-refractivity contribution in [2.24, 2.45) is 0 Å². The third-order valence-electron chi connectivity index (χ3n) is 4.47. The first-order valence-electron chi connectivity index (χ1n) is 7.48. The van der Waals surface area contributed by atoms with E-state index in [1.807, 2.05) is 0 Å². The van der Waals surface area contributed by atoms with E-state index in [9.17, 15) is 5.26 Å². The average molecular weight is 462 g/mol. The fourth-order valence-electron chi connectivity index (χ4n) is 3.43. The van der Waals surface area contributed by atoms with E-state index in [0.717, 1.165) is 71.5 Å². The first-order valence-corrected chi connectivity index (χ1v) is 9.06. The van der Waals surface area contributed by atoms with Crippen molar-refractivity contribution in [2.75, 3.05) is 31.1 Å². The minimum atomic E-state index is 0. The Bertz CT molecular complexity index is 805. The quantitative estimate of drug-likeness (QED) is 0.709. The van der Waals surface area contributed by atoms with Gasteiger partial charge in [0, 0.05) is 37.2 Å². The average Bonchev–Trinajstić information content (AvgIpc) is 2.94. The molecule has 3 heterocycles. The number of nitrogens with one attached hydrogen (secondary N) is 1. The summed E-state index contributed by atoms with van der Waals surface area (Å²) < 4.78 is 4.14. The van der Waals surface area contributed by atoms with E-state index in [1.165, 1.54) is 5.56 Å². The van der Waals surface area contributed by atoms with Crippen LogP contribution in [0.25, 0.3) is 11.0 Å². The van der Waals surface area contributed by atoms with Gasteiger partial charge in [-0.05, 0) is 50.3 Å². The predicted molar refractivity (Wildman–Crippen MR) is 100 cm³/mol. The topological polar surface area (TPSA) is 56.9 Å². The molecule has 122 valence electrons. The van der Waals surface area contributed by atoms with Crippen LogP contribution in [0.1, 0.15) is 17.5 Å². The second-order valence-corrected chi connectivity index (χ2v) is 7.28. The second-order valence-electron chi connectivity index (χ2n) is 5.69. The molecule has 0 radical (unpaired) electrons. The number of anilines is 1. The zero-order valence-electron chi connectivity index (χ0n) is 12.4. The maximum Gasteiger partial charge on any atom is 0.206 e. The van der Waals surface area contributed by atoms with E-state index in [0.29, 0.717) is 5.56 Å². The van der Waals surface area contributed by atoms with E-state index in [-0.39, 0.29) is 12.4 Å². The fourth-order valence-corrected chi connectivity index (χ4v) is 4.53. The lowest BCUT2D eigenvalue weighted by Crippen LogP contribution is -2.44. The molecular formula is C15H16Br2ClN5. The molecule has 8 heteroatoms. The van der Waals surface area contributed by atoms with E-state index >= 15 is 0 Å². The van der Waals surface area contributed by atoms with Gasteiger partial charge in [0.25, 0.3) is 0 Å². The number of nitrogens with zero attached hydrogens (tertiary/aromatic N) is 4. The summed E-state index contributed by atoms with van der Waals surface area (Å²) in [5.41, 5.74) is 3.86. The van der Waals surface area contributed by atoms with E-state index < -0.39 is 0 Å². The Morgan fingerprint density at radius 2 is 1.87 bits per heavy atom. The monoisotopic (exact) mass is 459 g/mol. The first kappa shape index (κ1) is 17.0. The molecule has 0 amide bonds. The molecule has 5 nitrogen and oxygen atoms in total. The number of rotatable bonds is 1. The Kier molecular flexibility index (Phi) is 4.88. The Morgan fingerprint density at radius 3 is 2.57 bits per heavy atom. The van der Waals surface area contributed by atoms with Gasteiger partial charge >= 0.3 is 0 Å². The van der Waals surface area contributed by atoms with E-state index in [4.69, 9.17) is 4.98 Å². The van der Waals surface area contributed by atoms with Crippen molar-refractivity contribution >= 4 is 61.2 Å². The molecule has 2 aromatic rings. The molecule has 1 fully saturated rings. The van der Waals surface area contributed by atoms with Gasteiger partial charge in [0.1, 0.15) is 11.6 Å². The summed E-state index contributed by atoms with van der Waals surface area (Å²) in [7, 11) is 0. The van der Waals surface area contributed by atoms with Gasteiger partial charge in [0.15, 0.2) is 0 Å². The zero-order valence-corrected chi connectivity index (χ0v) is 16.4. The summed E-state index contributed by atoms with van der Waals surface area (Å²) in [6, 6.07) is 2.31. The van der Waals surface area contributed by atoms with Crippen LogP contribution in [0.5, 0.6) is 0 Å². The number of hydrogen-bond acceptors (Lipinski definition) is 4. The lowest BCUT2D eigenvalue weighted by Gasteiger charge is -2.29. The number of aryl methyl sites for hydroxylation is 2. The lowest BCUT2D eigenvalue weighted by molar-refractivity contribution is 0.556. The summed E-state index contributed by atoms with van der Waals surface area (Å²) in [6.07, 6.45) is 2.13. The number of halogens is 3. The van der Waals surface area contributed by atoms with Gasteiger partial charge in [-0.1, -0.05) is 0 Å². The SMILES string of the molecule is Cl.N#Cc1c(Br)c(Br)c2c3c1nc(N1CCNCC1)n3CCC2. The summed E-state index contributed by atoms with van der Waals surface area (Å²) in [4.78, 5) is 7.20. The van der Waals surface area contributed by atoms with Gasteiger partial charge in [0.2, 0.25) is 5.95 Å². The van der Waals surface area contributed by atoms with Crippen molar-refractivity contribution in [1.29, 1.82) is 5.26 Å². The number of aromatic nitrogens is 2. The van der Waals surface area contributed by atoms with Gasteiger partial charge in [-0.15, -0.1) is 12.4 Å². The summed E-state index contributed by atoms with van der Waals surface area (Å²) >= 11 is 7.23. The predicted octanol–water partition coefficient (Wildman–Crippen LogP) is 3.21. The largest absolute Gasteiger partial charge is 0.340 e. The van der Waals surface area contributed by atoms with Crippen molar-refractivity contribution in [3.63, 3.8) is 0 Å². The van der Waals surface area contributed by atoms with Crippen molar-refractivity contribution in [1.82, 2.24) is 14.9 Å². The Balaban J connectivity index is 0.00000156. The number of benzene rings is 1. The maximum absolute atomic E-state index is 9.56. The van der Waals surface area contributed by atoms with Crippen molar-refractivity contribution in [3.8, 4) is 6.07 Å². The van der Waals surface area contributed by atoms with Crippen LogP contribution in [0.3, 0.4) is 0 Å². The first-order chi connectivity index (χ1) is 10.7. The fraction of sp³-hybridized carbons (Fsp3) is 0.467. The normalized spacial score (nSPS) is 17.0. The molecule has 2 aliphatic heterocycles. The number of piperazine rings is 1. The molecule has 0 unspecified atom stereocenters. The second kappa shape index (κ2) is 6.60. The molecule has 0 atom stereocenters. The number of hydrogen-bond donors (Lipinski definition) is 1. The standard InChI is InChI=1S/C15H15Br2N5.ClH/c16-11-9-2-1-5-22-14(9)13(10(8-18)12(11)17)20-15(22)21-6-3-19-4-7-21;/h19H,1-7H2;1H. The molecule has 4 rings (SSSR count). The van der Waals surface area contributed by atoms with Gasteiger partial charge in [-0.3, -0.25) is 0 Å². The highest BCUT2D eigenvalue weighted by atomic mass is 79.9. The van der Waals surface area contributed by atoms with Crippen LogP contribution in [0.2, 0.25) is 0 Å². The van der Waals surface area contributed by atoms with Crippen LogP contribution in [0, 0.1) is 11.3 Å². The Morgan fingerprint density at radius 1 is 1.13 bits per heavy atom. The molecule has 1 aromatic carbocycles. The smallest absolute Gasteiger partial charge is 0.206 e. The van der Waals surface area contributed by atoms with Crippen LogP contribution in [0.15, 0.2) is 8.95 Å². The van der Waals surface area contributed by atoms with E-state index in [2.05, 4.69) is 52.7 Å². The lowest BCUT2D eigenvalue weighted by atomic mass is 10.0. The third kappa shape index (κ3) is 2.56. The molecule has 1 aromatic heterocycles. The minimum absolute atomic E-state index is 0. The molecule has 1 saturated heterocycles. The molecule has 23 heavy (non-hydrogen) atoms. The van der Waals surface area contributed by atoms with Crippen LogP contribution >= 0.6 is 44.3 Å².